The van der Waals surface area contributed by atoms with Crippen molar-refractivity contribution in [3.05, 3.63) is 46.5 Å². The van der Waals surface area contributed by atoms with Gasteiger partial charge in [-0.05, 0) is 25.5 Å². The fourth-order valence-electron chi connectivity index (χ4n) is 1.36. The summed E-state index contributed by atoms with van der Waals surface area (Å²) in [6.07, 6.45) is 2.16. The summed E-state index contributed by atoms with van der Waals surface area (Å²) in [6, 6.07) is 1.88. The molecule has 0 radical (unpaired) electrons. The van der Waals surface area contributed by atoms with Crippen molar-refractivity contribution in [1.82, 2.24) is 5.32 Å². The van der Waals surface area contributed by atoms with Gasteiger partial charge >= 0.3 is 0 Å². The quantitative estimate of drug-likeness (QED) is 0.849. The molecule has 0 aromatic heterocycles. The lowest BCUT2D eigenvalue weighted by atomic mass is 10.1. The van der Waals surface area contributed by atoms with E-state index in [1.807, 2.05) is 0 Å². The molecule has 1 aromatic carbocycles. The summed E-state index contributed by atoms with van der Waals surface area (Å²) in [6.45, 7) is 5.25. The van der Waals surface area contributed by atoms with Gasteiger partial charge in [0.15, 0.2) is 0 Å². The van der Waals surface area contributed by atoms with E-state index in [1.54, 1.807) is 13.0 Å². The number of hydrogen-bond acceptors (Lipinski definition) is 1. The van der Waals surface area contributed by atoms with E-state index in [-0.39, 0.29) is 10.5 Å². The van der Waals surface area contributed by atoms with Crippen molar-refractivity contribution >= 4 is 21.8 Å². The van der Waals surface area contributed by atoms with Crippen LogP contribution in [0.25, 0.3) is 0 Å². The molecule has 1 N–H and O–H groups in total. The van der Waals surface area contributed by atoms with Gasteiger partial charge < -0.3 is 5.32 Å². The van der Waals surface area contributed by atoms with Crippen LogP contribution in [0, 0.1) is 11.6 Å². The molecule has 1 rings (SSSR count). The summed E-state index contributed by atoms with van der Waals surface area (Å²) in [7, 11) is 0. The molecule has 0 fully saturated rings. The van der Waals surface area contributed by atoms with Gasteiger partial charge in [0.2, 0.25) is 0 Å². The Morgan fingerprint density at radius 2 is 2.06 bits per heavy atom. The van der Waals surface area contributed by atoms with Crippen LogP contribution in [0.1, 0.15) is 23.7 Å². The molecule has 0 aliphatic carbocycles. The molecule has 0 bridgehead atoms. The molecule has 1 atom stereocenters. The van der Waals surface area contributed by atoms with Gasteiger partial charge in [-0.2, -0.15) is 0 Å². The highest BCUT2D eigenvalue weighted by atomic mass is 79.9. The average molecular weight is 304 g/mol. The first-order valence-corrected chi connectivity index (χ1v) is 5.81. The second-order valence-electron chi connectivity index (χ2n) is 3.64. The smallest absolute Gasteiger partial charge is 0.257 e. The normalized spacial score (nSPS) is 12.0. The van der Waals surface area contributed by atoms with Crippen LogP contribution in [0.15, 0.2) is 29.3 Å². The predicted molar refractivity (Wildman–Crippen MR) is 65.8 cm³/mol. The van der Waals surface area contributed by atoms with E-state index in [0.717, 1.165) is 12.1 Å². The monoisotopic (exact) mass is 303 g/mol. The standard InChI is InChI=1S/C12H12BrF2NO/c1-3-4-7(2)16-12(17)11-9(14)5-8(13)6-10(11)15/h3,5-7H,1,4H2,2H3,(H,16,17). The zero-order valence-corrected chi connectivity index (χ0v) is 10.9. The molecule has 0 heterocycles. The molecule has 0 aliphatic heterocycles. The number of nitrogens with one attached hydrogen (secondary N) is 1. The molecule has 2 nitrogen and oxygen atoms in total. The van der Waals surface area contributed by atoms with Crippen molar-refractivity contribution in [2.24, 2.45) is 0 Å². The van der Waals surface area contributed by atoms with Gasteiger partial charge in [0.1, 0.15) is 17.2 Å². The Morgan fingerprint density at radius 3 is 2.53 bits per heavy atom. The molecule has 17 heavy (non-hydrogen) atoms. The molecule has 1 unspecified atom stereocenters. The Kier molecular flexibility index (Phi) is 4.81. The van der Waals surface area contributed by atoms with Crippen LogP contribution >= 0.6 is 15.9 Å². The molecule has 0 spiro atoms. The van der Waals surface area contributed by atoms with Gasteiger partial charge in [-0.3, -0.25) is 4.79 Å². The average Bonchev–Trinajstić information content (AvgIpc) is 2.15. The minimum absolute atomic E-state index is 0.220. The maximum atomic E-state index is 13.4. The zero-order valence-electron chi connectivity index (χ0n) is 9.27. The third-order valence-electron chi connectivity index (χ3n) is 2.13. The summed E-state index contributed by atoms with van der Waals surface area (Å²) in [5.41, 5.74) is -0.566. The summed E-state index contributed by atoms with van der Waals surface area (Å²) < 4.78 is 27.1. The van der Waals surface area contributed by atoms with E-state index in [2.05, 4.69) is 27.8 Å². The van der Waals surface area contributed by atoms with E-state index in [9.17, 15) is 13.6 Å². The Hall–Kier alpha value is -1.23. The van der Waals surface area contributed by atoms with E-state index in [0.29, 0.717) is 6.42 Å². The third kappa shape index (κ3) is 3.63. The summed E-state index contributed by atoms with van der Waals surface area (Å²) >= 11 is 2.95. The fourth-order valence-corrected chi connectivity index (χ4v) is 1.77. The topological polar surface area (TPSA) is 29.1 Å². The molecule has 5 heteroatoms. The van der Waals surface area contributed by atoms with Crippen LogP contribution in [0.5, 0.6) is 0 Å². The van der Waals surface area contributed by atoms with Crippen molar-refractivity contribution in [2.45, 2.75) is 19.4 Å². The number of carbonyl (C=O) groups excluding carboxylic acids is 1. The van der Waals surface area contributed by atoms with E-state index < -0.39 is 23.1 Å². The summed E-state index contributed by atoms with van der Waals surface area (Å²) in [4.78, 5) is 11.6. The highest BCUT2D eigenvalue weighted by molar-refractivity contribution is 9.10. The van der Waals surface area contributed by atoms with Crippen molar-refractivity contribution in [1.29, 1.82) is 0 Å². The van der Waals surface area contributed by atoms with E-state index in [1.165, 1.54) is 0 Å². The third-order valence-corrected chi connectivity index (χ3v) is 2.59. The highest BCUT2D eigenvalue weighted by Crippen LogP contribution is 2.19. The van der Waals surface area contributed by atoms with Gasteiger partial charge in [0, 0.05) is 10.5 Å². The van der Waals surface area contributed by atoms with Crippen molar-refractivity contribution in [3.63, 3.8) is 0 Å². The van der Waals surface area contributed by atoms with Crippen LogP contribution in [-0.4, -0.2) is 11.9 Å². The van der Waals surface area contributed by atoms with Crippen molar-refractivity contribution < 1.29 is 13.6 Å². The van der Waals surface area contributed by atoms with Gasteiger partial charge in [-0.25, -0.2) is 8.78 Å². The summed E-state index contributed by atoms with van der Waals surface area (Å²) in [5.74, 6) is -2.54. The Bertz CT molecular complexity index is 425. The first-order chi connectivity index (χ1) is 7.95. The van der Waals surface area contributed by atoms with Crippen LogP contribution in [0.3, 0.4) is 0 Å². The van der Waals surface area contributed by atoms with Crippen LogP contribution in [0.2, 0.25) is 0 Å². The van der Waals surface area contributed by atoms with Gasteiger partial charge in [-0.1, -0.05) is 22.0 Å². The summed E-state index contributed by atoms with van der Waals surface area (Å²) in [5, 5.41) is 2.49. The molecule has 92 valence electrons. The number of rotatable bonds is 4. The van der Waals surface area contributed by atoms with Crippen LogP contribution in [0.4, 0.5) is 8.78 Å². The Balaban J connectivity index is 2.93. The van der Waals surface area contributed by atoms with Crippen molar-refractivity contribution in [2.75, 3.05) is 0 Å². The molecule has 1 amide bonds. The highest BCUT2D eigenvalue weighted by Gasteiger charge is 2.19. The largest absolute Gasteiger partial charge is 0.349 e. The second-order valence-corrected chi connectivity index (χ2v) is 4.56. The molecule has 1 aromatic rings. The van der Waals surface area contributed by atoms with Gasteiger partial charge in [-0.15, -0.1) is 6.58 Å². The SMILES string of the molecule is C=CCC(C)NC(=O)c1c(F)cc(Br)cc1F. The van der Waals surface area contributed by atoms with Crippen LogP contribution in [-0.2, 0) is 0 Å². The predicted octanol–water partition coefficient (Wildman–Crippen LogP) is 3.42. The van der Waals surface area contributed by atoms with Gasteiger partial charge in [0.05, 0.1) is 0 Å². The van der Waals surface area contributed by atoms with Crippen molar-refractivity contribution in [3.8, 4) is 0 Å². The zero-order chi connectivity index (χ0) is 13.0. The minimum atomic E-state index is -0.889. The molecular formula is C12H12BrF2NO. The number of hydrogen-bond donors (Lipinski definition) is 1. The van der Waals surface area contributed by atoms with Crippen LogP contribution < -0.4 is 5.32 Å². The maximum absolute atomic E-state index is 13.4. The van der Waals surface area contributed by atoms with E-state index >= 15 is 0 Å². The first kappa shape index (κ1) is 13.8. The number of halogens is 3. The maximum Gasteiger partial charge on any atom is 0.257 e. The fraction of sp³-hybridized carbons (Fsp3) is 0.250. The molecule has 0 saturated carbocycles. The minimum Gasteiger partial charge on any atom is -0.349 e. The first-order valence-electron chi connectivity index (χ1n) is 5.02. The molecule has 0 aliphatic rings. The van der Waals surface area contributed by atoms with E-state index in [4.69, 9.17) is 0 Å². The number of carbonyl (C=O) groups is 1. The van der Waals surface area contributed by atoms with Gasteiger partial charge in [0.25, 0.3) is 5.91 Å². The lowest BCUT2D eigenvalue weighted by molar-refractivity contribution is 0.0932. The Morgan fingerprint density at radius 1 is 1.53 bits per heavy atom. The lowest BCUT2D eigenvalue weighted by Crippen LogP contribution is -2.33. The molecule has 0 saturated heterocycles. The number of amides is 1. The lowest BCUT2D eigenvalue weighted by Gasteiger charge is -2.12. The second kappa shape index (κ2) is 5.91. The number of benzene rings is 1. The Labute approximate surface area is 107 Å². The molecular weight excluding hydrogens is 292 g/mol.